The van der Waals surface area contributed by atoms with Crippen molar-refractivity contribution in [2.45, 2.75) is 58.3 Å². The van der Waals surface area contributed by atoms with Crippen molar-refractivity contribution in [3.63, 3.8) is 0 Å². The van der Waals surface area contributed by atoms with Gasteiger partial charge in [-0.2, -0.15) is 0 Å². The normalized spacial score (nSPS) is 11.6. The minimum atomic E-state index is -4.07. The fraction of sp³-hybridized carbons (Fsp3) is 0.833. The third kappa shape index (κ3) is 19.2. The fourth-order valence-corrected chi connectivity index (χ4v) is 1.89. The third-order valence-corrected chi connectivity index (χ3v) is 3.04. The SMILES string of the molecule is CCCCCCCCCC=CCS(=O)(=O)[O-].[Na+]. The second-order valence-corrected chi connectivity index (χ2v) is 5.55. The van der Waals surface area contributed by atoms with Crippen LogP contribution >= 0.6 is 0 Å². The van der Waals surface area contributed by atoms with E-state index in [1.807, 2.05) is 0 Å². The average molecular weight is 270 g/mol. The van der Waals surface area contributed by atoms with Gasteiger partial charge in [-0.3, -0.25) is 0 Å². The van der Waals surface area contributed by atoms with Crippen LogP contribution in [0.2, 0.25) is 0 Å². The van der Waals surface area contributed by atoms with E-state index in [-0.39, 0.29) is 35.3 Å². The Kier molecular flexibility index (Phi) is 15.4. The average Bonchev–Trinajstić information content (AvgIpc) is 2.19. The summed E-state index contributed by atoms with van der Waals surface area (Å²) >= 11 is 0. The fourth-order valence-electron chi connectivity index (χ4n) is 1.52. The van der Waals surface area contributed by atoms with Crippen LogP contribution in [0.15, 0.2) is 12.2 Å². The Bertz CT molecular complexity index is 273. The van der Waals surface area contributed by atoms with Gasteiger partial charge in [0.1, 0.15) is 0 Å². The molecule has 0 rings (SSSR count). The van der Waals surface area contributed by atoms with Crippen molar-refractivity contribution in [2.75, 3.05) is 5.75 Å². The number of allylic oxidation sites excluding steroid dienone is 1. The van der Waals surface area contributed by atoms with Crippen LogP contribution in [0.1, 0.15) is 58.3 Å². The molecular weight excluding hydrogens is 247 g/mol. The van der Waals surface area contributed by atoms with Crippen LogP contribution in [0, 0.1) is 0 Å². The van der Waals surface area contributed by atoms with Gasteiger partial charge in [0.25, 0.3) is 0 Å². The van der Waals surface area contributed by atoms with Crippen LogP contribution in [-0.4, -0.2) is 18.7 Å². The Balaban J connectivity index is 0. The summed E-state index contributed by atoms with van der Waals surface area (Å²) in [5.41, 5.74) is 0. The van der Waals surface area contributed by atoms with Gasteiger partial charge in [0.2, 0.25) is 0 Å². The molecule has 5 heteroatoms. The first kappa shape index (κ1) is 20.0. The van der Waals surface area contributed by atoms with Crippen LogP contribution in [0.3, 0.4) is 0 Å². The minimum Gasteiger partial charge on any atom is -0.748 e. The van der Waals surface area contributed by atoms with Gasteiger partial charge in [-0.15, -0.1) is 0 Å². The maximum atomic E-state index is 10.3. The Hall–Kier alpha value is 0.650. The van der Waals surface area contributed by atoms with Crippen molar-refractivity contribution in [1.82, 2.24) is 0 Å². The number of rotatable bonds is 10. The van der Waals surface area contributed by atoms with Gasteiger partial charge in [0.15, 0.2) is 0 Å². The van der Waals surface area contributed by atoms with Gasteiger partial charge in [-0.1, -0.05) is 57.6 Å². The van der Waals surface area contributed by atoms with Crippen LogP contribution in [-0.2, 0) is 10.1 Å². The van der Waals surface area contributed by atoms with Crippen molar-refractivity contribution in [3.05, 3.63) is 12.2 Å². The van der Waals surface area contributed by atoms with Crippen LogP contribution in [0.5, 0.6) is 0 Å². The molecule has 0 aliphatic heterocycles. The van der Waals surface area contributed by atoms with E-state index in [1.165, 1.54) is 44.6 Å². The number of hydrogen-bond donors (Lipinski definition) is 0. The van der Waals surface area contributed by atoms with Gasteiger partial charge < -0.3 is 4.55 Å². The summed E-state index contributed by atoms with van der Waals surface area (Å²) in [5, 5.41) is 0. The van der Waals surface area contributed by atoms with Crippen molar-refractivity contribution in [1.29, 1.82) is 0 Å². The number of unbranched alkanes of at least 4 members (excludes halogenated alkanes) is 7. The molecule has 0 aliphatic carbocycles. The first-order chi connectivity index (χ1) is 7.56. The van der Waals surface area contributed by atoms with E-state index in [1.54, 1.807) is 6.08 Å². The second-order valence-electron chi connectivity index (χ2n) is 4.11. The molecule has 0 unspecified atom stereocenters. The summed E-state index contributed by atoms with van der Waals surface area (Å²) in [4.78, 5) is 0. The van der Waals surface area contributed by atoms with Gasteiger partial charge in [0.05, 0.1) is 15.9 Å². The summed E-state index contributed by atoms with van der Waals surface area (Å²) in [6.07, 6.45) is 12.9. The summed E-state index contributed by atoms with van der Waals surface area (Å²) in [6.45, 7) is 2.20. The van der Waals surface area contributed by atoms with Crippen LogP contribution < -0.4 is 29.6 Å². The second kappa shape index (κ2) is 13.1. The quantitative estimate of drug-likeness (QED) is 0.247. The molecule has 0 aromatic rings. The van der Waals surface area contributed by atoms with E-state index < -0.39 is 10.1 Å². The molecule has 3 nitrogen and oxygen atoms in total. The minimum absolute atomic E-state index is 0. The molecule has 0 amide bonds. The first-order valence-electron chi connectivity index (χ1n) is 6.15. The summed E-state index contributed by atoms with van der Waals surface area (Å²) in [5.74, 6) is -0.372. The monoisotopic (exact) mass is 270 g/mol. The maximum absolute atomic E-state index is 10.3. The van der Waals surface area contributed by atoms with Crippen molar-refractivity contribution >= 4 is 10.1 Å². The zero-order valence-corrected chi connectivity index (χ0v) is 14.0. The molecule has 0 spiro atoms. The van der Waals surface area contributed by atoms with Crippen molar-refractivity contribution in [3.8, 4) is 0 Å². The molecular formula is C12H23NaO3S. The molecule has 0 heterocycles. The van der Waals surface area contributed by atoms with Crippen LogP contribution in [0.4, 0.5) is 0 Å². The summed E-state index contributed by atoms with van der Waals surface area (Å²) in [6, 6.07) is 0. The summed E-state index contributed by atoms with van der Waals surface area (Å²) in [7, 11) is -4.07. The number of hydrogen-bond acceptors (Lipinski definition) is 3. The third-order valence-electron chi connectivity index (χ3n) is 2.44. The molecule has 96 valence electrons. The van der Waals surface area contributed by atoms with Gasteiger partial charge >= 0.3 is 29.6 Å². The van der Waals surface area contributed by atoms with Gasteiger partial charge in [-0.25, -0.2) is 8.42 Å². The Morgan fingerprint density at radius 3 is 2.00 bits per heavy atom. The van der Waals surface area contributed by atoms with E-state index in [9.17, 15) is 13.0 Å². The molecule has 0 N–H and O–H groups in total. The molecule has 17 heavy (non-hydrogen) atoms. The van der Waals surface area contributed by atoms with Gasteiger partial charge in [0, 0.05) is 0 Å². The molecule has 0 bridgehead atoms. The molecule has 0 aromatic carbocycles. The Labute approximate surface area is 128 Å². The van der Waals surface area contributed by atoms with E-state index in [0.29, 0.717) is 0 Å². The maximum Gasteiger partial charge on any atom is 1.00 e. The zero-order chi connectivity index (χ0) is 12.3. The predicted octanol–water partition coefficient (Wildman–Crippen LogP) is 0.233. The topological polar surface area (TPSA) is 57.2 Å². The first-order valence-corrected chi connectivity index (χ1v) is 7.72. The van der Waals surface area contributed by atoms with E-state index in [4.69, 9.17) is 0 Å². The Morgan fingerprint density at radius 2 is 1.47 bits per heavy atom. The smallest absolute Gasteiger partial charge is 0.748 e. The molecule has 0 radical (unpaired) electrons. The molecule has 0 aromatic heterocycles. The van der Waals surface area contributed by atoms with Crippen molar-refractivity contribution < 1.29 is 42.5 Å². The molecule has 0 atom stereocenters. The van der Waals surface area contributed by atoms with Gasteiger partial charge in [-0.05, 0) is 12.8 Å². The Morgan fingerprint density at radius 1 is 0.941 bits per heavy atom. The van der Waals surface area contributed by atoms with E-state index >= 15 is 0 Å². The zero-order valence-electron chi connectivity index (χ0n) is 11.2. The molecule has 0 saturated heterocycles. The molecule has 0 saturated carbocycles. The largest absolute Gasteiger partial charge is 1.00 e. The molecule has 0 aliphatic rings. The summed E-state index contributed by atoms with van der Waals surface area (Å²) < 4.78 is 30.8. The van der Waals surface area contributed by atoms with Crippen molar-refractivity contribution in [2.24, 2.45) is 0 Å². The van der Waals surface area contributed by atoms with E-state index in [0.717, 1.165) is 12.8 Å². The van der Waals surface area contributed by atoms with E-state index in [2.05, 4.69) is 6.92 Å². The van der Waals surface area contributed by atoms with Crippen LogP contribution in [0.25, 0.3) is 0 Å². The predicted molar refractivity (Wildman–Crippen MR) is 66.3 cm³/mol. The molecule has 0 fully saturated rings. The standard InChI is InChI=1S/C12H24O3S.Na/c1-2-3-4-5-6-7-8-9-10-11-12-16(13,14)15;/h10-11H,2-9,12H2,1H3,(H,13,14,15);/q;+1/p-1.